The number of nitrogens with zero attached hydrogens (tertiary/aromatic N) is 2. The molecule has 3 aromatic rings. The monoisotopic (exact) mass is 406 g/mol. The maximum Gasteiger partial charge on any atom is 0.222 e. The number of fused-ring (bicyclic) bond motifs is 2. The van der Waals surface area contributed by atoms with E-state index in [1.807, 2.05) is 42.2 Å². The molecule has 1 aliphatic heterocycles. The SMILES string of the molecule is CCC(=O)N1CCOc2c(cc(-c3cc(C)c4cccc(OC)c4n3)cc2OC)C1. The summed E-state index contributed by atoms with van der Waals surface area (Å²) in [6, 6.07) is 12.0. The number of amides is 1. The maximum absolute atomic E-state index is 12.3. The van der Waals surface area contributed by atoms with Crippen LogP contribution in [0.3, 0.4) is 0 Å². The molecule has 0 atom stereocenters. The van der Waals surface area contributed by atoms with Crippen LogP contribution in [-0.4, -0.2) is 43.2 Å². The minimum atomic E-state index is 0.111. The maximum atomic E-state index is 12.3. The molecule has 156 valence electrons. The van der Waals surface area contributed by atoms with Gasteiger partial charge in [-0.15, -0.1) is 0 Å². The molecule has 0 saturated heterocycles. The van der Waals surface area contributed by atoms with Crippen molar-refractivity contribution in [2.45, 2.75) is 26.8 Å². The third kappa shape index (κ3) is 3.54. The number of aromatic nitrogens is 1. The van der Waals surface area contributed by atoms with Crippen LogP contribution in [0.15, 0.2) is 36.4 Å². The normalized spacial score (nSPS) is 13.4. The molecule has 0 aliphatic carbocycles. The van der Waals surface area contributed by atoms with Gasteiger partial charge in [0.1, 0.15) is 17.9 Å². The van der Waals surface area contributed by atoms with Gasteiger partial charge in [-0.1, -0.05) is 19.1 Å². The number of hydrogen-bond acceptors (Lipinski definition) is 5. The van der Waals surface area contributed by atoms with Crippen molar-refractivity contribution in [3.63, 3.8) is 0 Å². The summed E-state index contributed by atoms with van der Waals surface area (Å²) in [5.41, 5.74) is 4.59. The lowest BCUT2D eigenvalue weighted by Crippen LogP contribution is -2.31. The van der Waals surface area contributed by atoms with Crippen molar-refractivity contribution in [3.8, 4) is 28.5 Å². The number of hydrogen-bond donors (Lipinski definition) is 0. The first-order valence-electron chi connectivity index (χ1n) is 10.1. The molecular weight excluding hydrogens is 380 g/mol. The lowest BCUT2D eigenvalue weighted by molar-refractivity contribution is -0.131. The van der Waals surface area contributed by atoms with E-state index >= 15 is 0 Å². The standard InChI is InChI=1S/C24H26N2O4/c1-5-22(27)26-9-10-30-24-17(14-26)12-16(13-21(24)29-4)19-11-15(2)18-7-6-8-20(28-3)23(18)25-19/h6-8,11-13H,5,9-10,14H2,1-4H3. The summed E-state index contributed by atoms with van der Waals surface area (Å²) in [6.45, 7) is 5.44. The summed E-state index contributed by atoms with van der Waals surface area (Å²) in [5, 5.41) is 1.06. The van der Waals surface area contributed by atoms with Gasteiger partial charge in [0.05, 0.1) is 26.5 Å². The smallest absolute Gasteiger partial charge is 0.222 e. The highest BCUT2D eigenvalue weighted by atomic mass is 16.5. The fourth-order valence-electron chi connectivity index (χ4n) is 3.92. The van der Waals surface area contributed by atoms with Crippen LogP contribution >= 0.6 is 0 Å². The highest BCUT2D eigenvalue weighted by molar-refractivity contribution is 5.89. The fourth-order valence-corrected chi connectivity index (χ4v) is 3.92. The van der Waals surface area contributed by atoms with E-state index < -0.39 is 0 Å². The Kier molecular flexibility index (Phi) is 5.48. The quantitative estimate of drug-likeness (QED) is 0.644. The first-order chi connectivity index (χ1) is 14.5. The molecule has 1 aromatic heterocycles. The van der Waals surface area contributed by atoms with Gasteiger partial charge < -0.3 is 19.1 Å². The van der Waals surface area contributed by atoms with Crippen LogP contribution in [0.4, 0.5) is 0 Å². The first kappa shape index (κ1) is 20.0. The van der Waals surface area contributed by atoms with Crippen molar-refractivity contribution in [1.82, 2.24) is 9.88 Å². The van der Waals surface area contributed by atoms with E-state index in [9.17, 15) is 4.79 Å². The topological polar surface area (TPSA) is 60.9 Å². The van der Waals surface area contributed by atoms with Crippen LogP contribution in [0.25, 0.3) is 22.2 Å². The molecule has 1 aliphatic rings. The van der Waals surface area contributed by atoms with Crippen LogP contribution in [0, 0.1) is 6.92 Å². The first-order valence-corrected chi connectivity index (χ1v) is 10.1. The van der Waals surface area contributed by atoms with E-state index in [0.29, 0.717) is 37.6 Å². The van der Waals surface area contributed by atoms with Gasteiger partial charge in [0.15, 0.2) is 11.5 Å². The Balaban J connectivity index is 1.86. The van der Waals surface area contributed by atoms with Crippen molar-refractivity contribution in [1.29, 1.82) is 0 Å². The number of methoxy groups -OCH3 is 2. The molecule has 0 fully saturated rings. The number of para-hydroxylation sites is 1. The van der Waals surface area contributed by atoms with E-state index in [0.717, 1.165) is 39.0 Å². The van der Waals surface area contributed by atoms with Crippen molar-refractivity contribution in [3.05, 3.63) is 47.5 Å². The van der Waals surface area contributed by atoms with Gasteiger partial charge in [-0.25, -0.2) is 4.98 Å². The zero-order valence-corrected chi connectivity index (χ0v) is 17.8. The predicted octanol–water partition coefficient (Wildman–Crippen LogP) is 4.36. The second-order valence-corrected chi connectivity index (χ2v) is 7.36. The fraction of sp³-hybridized carbons (Fsp3) is 0.333. The second kappa shape index (κ2) is 8.22. The molecule has 0 radical (unpaired) electrons. The van der Waals surface area contributed by atoms with Gasteiger partial charge in [0.25, 0.3) is 0 Å². The highest BCUT2D eigenvalue weighted by Crippen LogP contribution is 2.39. The summed E-state index contributed by atoms with van der Waals surface area (Å²) in [5.74, 6) is 2.19. The van der Waals surface area contributed by atoms with E-state index in [2.05, 4.69) is 13.0 Å². The molecule has 0 unspecified atom stereocenters. The number of pyridine rings is 1. The van der Waals surface area contributed by atoms with Gasteiger partial charge >= 0.3 is 0 Å². The summed E-state index contributed by atoms with van der Waals surface area (Å²) >= 11 is 0. The molecule has 0 N–H and O–H groups in total. The van der Waals surface area contributed by atoms with E-state index in [1.54, 1.807) is 14.2 Å². The number of carbonyl (C=O) groups is 1. The average molecular weight is 406 g/mol. The molecule has 0 bridgehead atoms. The third-order valence-corrected chi connectivity index (χ3v) is 5.50. The molecule has 1 amide bonds. The second-order valence-electron chi connectivity index (χ2n) is 7.36. The molecular formula is C24H26N2O4. The van der Waals surface area contributed by atoms with Crippen molar-refractivity contribution < 1.29 is 19.0 Å². The Labute approximate surface area is 176 Å². The number of benzene rings is 2. The summed E-state index contributed by atoms with van der Waals surface area (Å²) in [7, 11) is 3.28. The zero-order chi connectivity index (χ0) is 21.3. The predicted molar refractivity (Wildman–Crippen MR) is 116 cm³/mol. The number of ether oxygens (including phenoxy) is 3. The Hall–Kier alpha value is -3.28. The third-order valence-electron chi connectivity index (χ3n) is 5.50. The average Bonchev–Trinajstić information content (AvgIpc) is 3.00. The van der Waals surface area contributed by atoms with E-state index in [4.69, 9.17) is 19.2 Å². The van der Waals surface area contributed by atoms with Gasteiger partial charge in [0.2, 0.25) is 5.91 Å². The lowest BCUT2D eigenvalue weighted by atomic mass is 10.0. The zero-order valence-electron chi connectivity index (χ0n) is 17.8. The number of carbonyl (C=O) groups excluding carboxylic acids is 1. The molecule has 2 heterocycles. The lowest BCUT2D eigenvalue weighted by Gasteiger charge is -2.19. The van der Waals surface area contributed by atoms with Gasteiger partial charge in [-0.05, 0) is 36.8 Å². The van der Waals surface area contributed by atoms with Crippen molar-refractivity contribution in [2.24, 2.45) is 0 Å². The van der Waals surface area contributed by atoms with Crippen LogP contribution in [0.2, 0.25) is 0 Å². The minimum Gasteiger partial charge on any atom is -0.494 e. The Morgan fingerprint density at radius 1 is 1.17 bits per heavy atom. The largest absolute Gasteiger partial charge is 0.494 e. The Morgan fingerprint density at radius 2 is 1.97 bits per heavy atom. The van der Waals surface area contributed by atoms with Crippen LogP contribution in [0.5, 0.6) is 17.2 Å². The molecule has 30 heavy (non-hydrogen) atoms. The Bertz CT molecular complexity index is 1110. The Morgan fingerprint density at radius 3 is 2.70 bits per heavy atom. The number of rotatable bonds is 4. The van der Waals surface area contributed by atoms with Crippen molar-refractivity contribution in [2.75, 3.05) is 27.4 Å². The molecule has 0 saturated carbocycles. The van der Waals surface area contributed by atoms with Gasteiger partial charge in [-0.2, -0.15) is 0 Å². The van der Waals surface area contributed by atoms with Gasteiger partial charge in [0, 0.05) is 29.5 Å². The number of aryl methyl sites for hydroxylation is 1. The molecule has 0 spiro atoms. The molecule has 6 nitrogen and oxygen atoms in total. The van der Waals surface area contributed by atoms with Gasteiger partial charge in [-0.3, -0.25) is 4.79 Å². The van der Waals surface area contributed by atoms with E-state index in [1.165, 1.54) is 0 Å². The van der Waals surface area contributed by atoms with Crippen LogP contribution in [-0.2, 0) is 11.3 Å². The molecule has 6 heteroatoms. The summed E-state index contributed by atoms with van der Waals surface area (Å²) in [4.78, 5) is 19.0. The highest BCUT2D eigenvalue weighted by Gasteiger charge is 2.23. The summed E-state index contributed by atoms with van der Waals surface area (Å²) in [6.07, 6.45) is 0.470. The molecule has 2 aromatic carbocycles. The van der Waals surface area contributed by atoms with Crippen molar-refractivity contribution >= 4 is 16.8 Å². The van der Waals surface area contributed by atoms with Crippen LogP contribution in [0.1, 0.15) is 24.5 Å². The molecule has 4 rings (SSSR count). The minimum absolute atomic E-state index is 0.111. The van der Waals surface area contributed by atoms with Crippen LogP contribution < -0.4 is 14.2 Å². The van der Waals surface area contributed by atoms with E-state index in [-0.39, 0.29) is 5.91 Å². The summed E-state index contributed by atoms with van der Waals surface area (Å²) < 4.78 is 17.1.